The number of rotatable bonds is 2. The molecule has 4 heteroatoms. The SMILES string of the molecule is CC1Cc2cc(F)ccc2N1Cc1ncc[nH]1. The van der Waals surface area contributed by atoms with Gasteiger partial charge in [-0.05, 0) is 37.1 Å². The summed E-state index contributed by atoms with van der Waals surface area (Å²) in [5, 5.41) is 0. The highest BCUT2D eigenvalue weighted by Crippen LogP contribution is 2.33. The fourth-order valence-electron chi connectivity index (χ4n) is 2.45. The zero-order chi connectivity index (χ0) is 11.8. The van der Waals surface area contributed by atoms with E-state index in [1.807, 2.05) is 12.3 Å². The summed E-state index contributed by atoms with van der Waals surface area (Å²) in [5.74, 6) is 0.782. The molecule has 1 aliphatic rings. The van der Waals surface area contributed by atoms with E-state index in [0.717, 1.165) is 30.0 Å². The second-order valence-electron chi connectivity index (χ2n) is 4.49. The quantitative estimate of drug-likeness (QED) is 0.861. The summed E-state index contributed by atoms with van der Waals surface area (Å²) in [4.78, 5) is 9.59. The molecule has 2 aromatic rings. The molecule has 0 radical (unpaired) electrons. The first-order valence-corrected chi connectivity index (χ1v) is 5.77. The molecule has 0 bridgehead atoms. The largest absolute Gasteiger partial charge is 0.361 e. The Labute approximate surface area is 99.3 Å². The Balaban J connectivity index is 1.91. The van der Waals surface area contributed by atoms with Gasteiger partial charge < -0.3 is 9.88 Å². The molecule has 0 amide bonds. The summed E-state index contributed by atoms with van der Waals surface area (Å²) in [6.07, 6.45) is 4.47. The third-order valence-corrected chi connectivity index (χ3v) is 3.27. The van der Waals surface area contributed by atoms with E-state index in [-0.39, 0.29) is 5.82 Å². The predicted molar refractivity (Wildman–Crippen MR) is 64.3 cm³/mol. The predicted octanol–water partition coefficient (Wildman–Crippen LogP) is 2.50. The summed E-state index contributed by atoms with van der Waals surface area (Å²) >= 11 is 0. The number of nitrogens with zero attached hydrogens (tertiary/aromatic N) is 2. The average molecular weight is 231 g/mol. The van der Waals surface area contributed by atoms with Gasteiger partial charge in [-0.15, -0.1) is 0 Å². The van der Waals surface area contributed by atoms with Gasteiger partial charge in [-0.2, -0.15) is 0 Å². The molecule has 3 rings (SSSR count). The van der Waals surface area contributed by atoms with Gasteiger partial charge in [0.2, 0.25) is 0 Å². The van der Waals surface area contributed by atoms with Crippen LogP contribution in [0.4, 0.5) is 10.1 Å². The molecule has 88 valence electrons. The van der Waals surface area contributed by atoms with Crippen molar-refractivity contribution in [2.75, 3.05) is 4.90 Å². The van der Waals surface area contributed by atoms with Crippen LogP contribution in [0.2, 0.25) is 0 Å². The van der Waals surface area contributed by atoms with Crippen molar-refractivity contribution in [3.8, 4) is 0 Å². The smallest absolute Gasteiger partial charge is 0.125 e. The van der Waals surface area contributed by atoms with Crippen LogP contribution in [0.1, 0.15) is 18.3 Å². The number of hydrogen-bond donors (Lipinski definition) is 1. The molecular formula is C13H14FN3. The molecule has 2 heterocycles. The second-order valence-corrected chi connectivity index (χ2v) is 4.49. The normalized spacial score (nSPS) is 18.5. The highest BCUT2D eigenvalue weighted by atomic mass is 19.1. The molecular weight excluding hydrogens is 217 g/mol. The van der Waals surface area contributed by atoms with Gasteiger partial charge in [0.25, 0.3) is 0 Å². The average Bonchev–Trinajstić information content (AvgIpc) is 2.88. The van der Waals surface area contributed by atoms with Gasteiger partial charge in [0.1, 0.15) is 11.6 Å². The van der Waals surface area contributed by atoms with E-state index in [9.17, 15) is 4.39 Å². The molecule has 0 fully saturated rings. The minimum absolute atomic E-state index is 0.157. The topological polar surface area (TPSA) is 31.9 Å². The second kappa shape index (κ2) is 3.87. The Morgan fingerprint density at radius 3 is 3.18 bits per heavy atom. The maximum absolute atomic E-state index is 13.2. The lowest BCUT2D eigenvalue weighted by molar-refractivity contribution is 0.626. The maximum Gasteiger partial charge on any atom is 0.125 e. The molecule has 1 N–H and O–H groups in total. The zero-order valence-electron chi connectivity index (χ0n) is 9.65. The summed E-state index contributed by atoms with van der Waals surface area (Å²) < 4.78 is 13.2. The summed E-state index contributed by atoms with van der Waals surface area (Å²) in [5.41, 5.74) is 2.21. The van der Waals surface area contributed by atoms with Crippen LogP contribution in [0.15, 0.2) is 30.6 Å². The lowest BCUT2D eigenvalue weighted by atomic mass is 10.1. The monoisotopic (exact) mass is 231 g/mol. The van der Waals surface area contributed by atoms with Gasteiger partial charge >= 0.3 is 0 Å². The molecule has 17 heavy (non-hydrogen) atoms. The number of aromatic nitrogens is 2. The number of halogens is 1. The van der Waals surface area contributed by atoms with E-state index in [1.165, 1.54) is 6.07 Å². The number of hydrogen-bond acceptors (Lipinski definition) is 2. The third kappa shape index (κ3) is 1.79. The number of benzene rings is 1. The molecule has 1 aromatic heterocycles. The van der Waals surface area contributed by atoms with Crippen molar-refractivity contribution in [2.45, 2.75) is 25.9 Å². The lowest BCUT2D eigenvalue weighted by Gasteiger charge is -2.23. The number of aromatic amines is 1. The Hall–Kier alpha value is -1.84. The van der Waals surface area contributed by atoms with Crippen LogP contribution in [0, 0.1) is 5.82 Å². The molecule has 0 aliphatic carbocycles. The number of H-pyrrole nitrogens is 1. The summed E-state index contributed by atoms with van der Waals surface area (Å²) in [7, 11) is 0. The highest BCUT2D eigenvalue weighted by Gasteiger charge is 2.26. The van der Waals surface area contributed by atoms with Crippen molar-refractivity contribution in [3.63, 3.8) is 0 Å². The van der Waals surface area contributed by atoms with Gasteiger partial charge in [0.15, 0.2) is 0 Å². The lowest BCUT2D eigenvalue weighted by Crippen LogP contribution is -2.29. The van der Waals surface area contributed by atoms with E-state index in [2.05, 4.69) is 21.8 Å². The third-order valence-electron chi connectivity index (χ3n) is 3.27. The van der Waals surface area contributed by atoms with Crippen LogP contribution < -0.4 is 4.90 Å². The van der Waals surface area contributed by atoms with Gasteiger partial charge in [-0.25, -0.2) is 9.37 Å². The first-order chi connectivity index (χ1) is 8.24. The van der Waals surface area contributed by atoms with Crippen molar-refractivity contribution in [3.05, 3.63) is 47.8 Å². The fraction of sp³-hybridized carbons (Fsp3) is 0.308. The minimum Gasteiger partial charge on any atom is -0.361 e. The van der Waals surface area contributed by atoms with Crippen LogP contribution >= 0.6 is 0 Å². The van der Waals surface area contributed by atoms with E-state index < -0.39 is 0 Å². The Morgan fingerprint density at radius 1 is 1.53 bits per heavy atom. The van der Waals surface area contributed by atoms with Crippen LogP contribution in [-0.4, -0.2) is 16.0 Å². The molecule has 3 nitrogen and oxygen atoms in total. The molecule has 1 unspecified atom stereocenters. The van der Waals surface area contributed by atoms with Crippen LogP contribution in [-0.2, 0) is 13.0 Å². The standard InChI is InChI=1S/C13H14FN3/c1-9-6-10-7-11(14)2-3-12(10)17(9)8-13-15-4-5-16-13/h2-5,7,9H,6,8H2,1H3,(H,15,16). The van der Waals surface area contributed by atoms with Crippen molar-refractivity contribution in [1.82, 2.24) is 9.97 Å². The molecule has 0 saturated heterocycles. The van der Waals surface area contributed by atoms with E-state index in [1.54, 1.807) is 12.3 Å². The number of imidazole rings is 1. The molecule has 1 aliphatic heterocycles. The van der Waals surface area contributed by atoms with Gasteiger partial charge in [0.05, 0.1) is 6.54 Å². The number of anilines is 1. The first-order valence-electron chi connectivity index (χ1n) is 5.77. The van der Waals surface area contributed by atoms with Crippen LogP contribution in [0.3, 0.4) is 0 Å². The summed E-state index contributed by atoms with van der Waals surface area (Å²) in [6.45, 7) is 2.90. The fourth-order valence-corrected chi connectivity index (χ4v) is 2.45. The Morgan fingerprint density at radius 2 is 2.41 bits per heavy atom. The number of fused-ring (bicyclic) bond motifs is 1. The molecule has 1 atom stereocenters. The van der Waals surface area contributed by atoms with Crippen molar-refractivity contribution in [1.29, 1.82) is 0 Å². The van der Waals surface area contributed by atoms with Gasteiger partial charge in [-0.3, -0.25) is 0 Å². The molecule has 0 spiro atoms. The molecule has 0 saturated carbocycles. The summed E-state index contributed by atoms with van der Waals surface area (Å²) in [6, 6.07) is 5.40. The maximum atomic E-state index is 13.2. The minimum atomic E-state index is -0.157. The Kier molecular flexibility index (Phi) is 2.35. The van der Waals surface area contributed by atoms with E-state index in [4.69, 9.17) is 0 Å². The van der Waals surface area contributed by atoms with Crippen molar-refractivity contribution in [2.24, 2.45) is 0 Å². The number of nitrogens with one attached hydrogen (secondary N) is 1. The molecule has 1 aromatic carbocycles. The van der Waals surface area contributed by atoms with E-state index in [0.29, 0.717) is 6.04 Å². The first kappa shape index (κ1) is 10.3. The van der Waals surface area contributed by atoms with Gasteiger partial charge in [-0.1, -0.05) is 0 Å². The van der Waals surface area contributed by atoms with Crippen molar-refractivity contribution < 1.29 is 4.39 Å². The van der Waals surface area contributed by atoms with Gasteiger partial charge in [0, 0.05) is 24.1 Å². The highest BCUT2D eigenvalue weighted by molar-refractivity contribution is 5.59. The van der Waals surface area contributed by atoms with E-state index >= 15 is 0 Å². The zero-order valence-corrected chi connectivity index (χ0v) is 9.65. The van der Waals surface area contributed by atoms with Crippen LogP contribution in [0.25, 0.3) is 0 Å². The Bertz CT molecular complexity index is 521. The van der Waals surface area contributed by atoms with Crippen molar-refractivity contribution >= 4 is 5.69 Å². The van der Waals surface area contributed by atoms with Crippen LogP contribution in [0.5, 0.6) is 0 Å².